The van der Waals surface area contributed by atoms with Crippen LogP contribution in [0.5, 0.6) is 0 Å². The van der Waals surface area contributed by atoms with Crippen molar-refractivity contribution < 1.29 is 14.0 Å². The number of hydrogen-bond acceptors (Lipinski definition) is 3. The Morgan fingerprint density at radius 1 is 1.22 bits per heavy atom. The molecule has 0 saturated heterocycles. The third-order valence-corrected chi connectivity index (χ3v) is 5.30. The Labute approximate surface area is 148 Å². The summed E-state index contributed by atoms with van der Waals surface area (Å²) in [5, 5.41) is 1.80. The molecule has 0 amide bonds. The third kappa shape index (κ3) is 2.67. The first kappa shape index (κ1) is 16.1. The molecule has 0 atom stereocenters. The second-order valence-electron chi connectivity index (χ2n) is 4.61. The van der Waals surface area contributed by atoms with Gasteiger partial charge in [-0.25, -0.2) is 4.39 Å². The van der Waals surface area contributed by atoms with Crippen LogP contribution in [-0.2, 0) is 0 Å². The van der Waals surface area contributed by atoms with Gasteiger partial charge in [0.1, 0.15) is 10.4 Å². The largest absolute Gasteiger partial charge is 0.300 e. The topological polar surface area (TPSA) is 39.1 Å². The Hall–Kier alpha value is -1.76. The van der Waals surface area contributed by atoms with Crippen LogP contribution in [0.3, 0.4) is 0 Å². The first-order chi connectivity index (χ1) is 11.1. The second-order valence-corrected chi connectivity index (χ2v) is 6.72. The lowest BCUT2D eigenvalue weighted by Crippen LogP contribution is -2.00. The summed E-state index contributed by atoms with van der Waals surface area (Å²) in [4.78, 5) is 24.0. The quantitative estimate of drug-likeness (QED) is 0.539. The van der Waals surface area contributed by atoms with Gasteiger partial charge < -0.3 is 0 Å². The average Bonchev–Trinajstić information content (AvgIpc) is 3.15. The Morgan fingerprint density at radius 3 is 2.57 bits per heavy atom. The maximum atomic E-state index is 13.4. The zero-order valence-corrected chi connectivity index (χ0v) is 14.6. The van der Waals surface area contributed by atoms with Gasteiger partial charge in [0, 0.05) is 16.1 Å². The molecule has 3 rings (SSSR count). The molecule has 0 unspecified atom stereocenters. The van der Waals surface area contributed by atoms with E-state index in [-0.39, 0.29) is 5.02 Å². The number of thiophene rings is 1. The number of rotatable bonds is 4. The molecule has 0 spiro atoms. The fourth-order valence-electron chi connectivity index (χ4n) is 2.35. The van der Waals surface area contributed by atoms with Crippen LogP contribution in [0, 0.1) is 5.82 Å². The Kier molecular flexibility index (Phi) is 4.48. The summed E-state index contributed by atoms with van der Waals surface area (Å²) >= 11 is 10.6. The van der Waals surface area contributed by atoms with E-state index in [2.05, 4.69) is 15.9 Å². The summed E-state index contributed by atoms with van der Waals surface area (Å²) in [6.07, 6.45) is 1.36. The molecule has 2 aromatic heterocycles. The minimum Gasteiger partial charge on any atom is -0.300 e. The van der Waals surface area contributed by atoms with Crippen molar-refractivity contribution in [1.29, 1.82) is 0 Å². The minimum absolute atomic E-state index is 0.0646. The van der Waals surface area contributed by atoms with Crippen LogP contribution in [0.25, 0.3) is 16.1 Å². The van der Waals surface area contributed by atoms with Gasteiger partial charge in [-0.3, -0.25) is 14.2 Å². The normalized spacial score (nSPS) is 10.7. The van der Waals surface area contributed by atoms with Crippen molar-refractivity contribution in [2.75, 3.05) is 0 Å². The van der Waals surface area contributed by atoms with Crippen molar-refractivity contribution >= 4 is 51.4 Å². The number of carbonyl (C=O) groups excluding carboxylic acids is 2. The number of nitrogens with zero attached hydrogens (tertiary/aromatic N) is 1. The molecule has 0 aliphatic heterocycles. The number of carbonyl (C=O) groups is 2. The summed E-state index contributed by atoms with van der Waals surface area (Å²) in [6, 6.07) is 7.77. The number of aromatic nitrogens is 1. The Bertz CT molecular complexity index is 905. The molecule has 0 aliphatic rings. The van der Waals surface area contributed by atoms with Gasteiger partial charge in [-0.05, 0) is 45.6 Å². The summed E-state index contributed by atoms with van der Waals surface area (Å²) in [6.45, 7) is 0. The summed E-state index contributed by atoms with van der Waals surface area (Å²) in [5.74, 6) is -0.555. The van der Waals surface area contributed by atoms with Crippen LogP contribution >= 0.6 is 38.9 Å². The molecule has 3 aromatic rings. The van der Waals surface area contributed by atoms with Crippen LogP contribution in [-0.4, -0.2) is 17.1 Å². The van der Waals surface area contributed by atoms with Gasteiger partial charge in [0.25, 0.3) is 0 Å². The predicted molar refractivity (Wildman–Crippen MR) is 92.5 cm³/mol. The molecule has 0 radical (unpaired) electrons. The van der Waals surface area contributed by atoms with Crippen LogP contribution in [0.2, 0.25) is 5.02 Å². The Morgan fingerprint density at radius 2 is 2.00 bits per heavy atom. The van der Waals surface area contributed by atoms with Crippen LogP contribution < -0.4 is 0 Å². The molecule has 1 aromatic carbocycles. The van der Waals surface area contributed by atoms with Crippen molar-refractivity contribution in [2.45, 2.75) is 0 Å². The van der Waals surface area contributed by atoms with E-state index >= 15 is 0 Å². The van der Waals surface area contributed by atoms with E-state index in [0.29, 0.717) is 39.7 Å². The van der Waals surface area contributed by atoms with Crippen molar-refractivity contribution in [3.63, 3.8) is 0 Å². The van der Waals surface area contributed by atoms with Crippen molar-refractivity contribution in [1.82, 2.24) is 4.57 Å². The smallest absolute Gasteiger partial charge is 0.167 e. The monoisotopic (exact) mass is 411 g/mol. The molecular weight excluding hydrogens is 405 g/mol. The first-order valence-electron chi connectivity index (χ1n) is 6.42. The lowest BCUT2D eigenvalue weighted by molar-refractivity contribution is 0.111. The third-order valence-electron chi connectivity index (χ3n) is 3.34. The molecule has 0 N–H and O–H groups in total. The predicted octanol–water partition coefficient (Wildman–Crippen LogP) is 5.39. The maximum Gasteiger partial charge on any atom is 0.167 e. The van der Waals surface area contributed by atoms with Gasteiger partial charge in [-0.15, -0.1) is 11.3 Å². The zero-order valence-electron chi connectivity index (χ0n) is 11.4. The van der Waals surface area contributed by atoms with Crippen molar-refractivity contribution in [3.8, 4) is 16.1 Å². The highest BCUT2D eigenvalue weighted by Crippen LogP contribution is 2.38. The van der Waals surface area contributed by atoms with E-state index in [1.165, 1.54) is 34.1 Å². The molecular formula is C16H8BrClFNO2S. The molecule has 0 bridgehead atoms. The number of benzene rings is 1. The Balaban J connectivity index is 2.35. The van der Waals surface area contributed by atoms with E-state index in [1.54, 1.807) is 0 Å². The van der Waals surface area contributed by atoms with Crippen LogP contribution in [0.4, 0.5) is 4.39 Å². The summed E-state index contributed by atoms with van der Waals surface area (Å²) in [5.41, 5.74) is 1.67. The highest BCUT2D eigenvalue weighted by molar-refractivity contribution is 9.10. The van der Waals surface area contributed by atoms with E-state index in [4.69, 9.17) is 11.6 Å². The van der Waals surface area contributed by atoms with E-state index in [1.807, 2.05) is 17.5 Å². The van der Waals surface area contributed by atoms with Gasteiger partial charge in [0.15, 0.2) is 12.6 Å². The first-order valence-corrected chi connectivity index (χ1v) is 8.47. The minimum atomic E-state index is -0.555. The number of hydrogen-bond donors (Lipinski definition) is 0. The molecule has 3 nitrogen and oxygen atoms in total. The zero-order chi connectivity index (χ0) is 16.6. The van der Waals surface area contributed by atoms with E-state index in [0.717, 1.165) is 4.88 Å². The SMILES string of the molecule is O=Cc1c(-c2cccs2)c(C=O)n(-c2ccc(F)c(Cl)c2)c1Br. The molecule has 23 heavy (non-hydrogen) atoms. The molecule has 0 saturated carbocycles. The van der Waals surface area contributed by atoms with E-state index < -0.39 is 5.82 Å². The van der Waals surface area contributed by atoms with Gasteiger partial charge >= 0.3 is 0 Å². The molecule has 7 heteroatoms. The number of halogens is 3. The summed E-state index contributed by atoms with van der Waals surface area (Å²) < 4.78 is 15.4. The fourth-order valence-corrected chi connectivity index (χ4v) is 4.01. The molecule has 116 valence electrons. The maximum absolute atomic E-state index is 13.4. The highest BCUT2D eigenvalue weighted by Gasteiger charge is 2.24. The van der Waals surface area contributed by atoms with Gasteiger partial charge in [-0.2, -0.15) is 0 Å². The van der Waals surface area contributed by atoms with Crippen LogP contribution in [0.15, 0.2) is 40.3 Å². The highest BCUT2D eigenvalue weighted by atomic mass is 79.9. The van der Waals surface area contributed by atoms with Gasteiger partial charge in [0.05, 0.1) is 16.3 Å². The van der Waals surface area contributed by atoms with Crippen molar-refractivity contribution in [3.05, 3.63) is 62.4 Å². The lowest BCUT2D eigenvalue weighted by atomic mass is 10.1. The van der Waals surface area contributed by atoms with Crippen molar-refractivity contribution in [2.24, 2.45) is 0 Å². The lowest BCUT2D eigenvalue weighted by Gasteiger charge is -2.09. The number of aldehydes is 2. The second kappa shape index (κ2) is 6.39. The van der Waals surface area contributed by atoms with Gasteiger partial charge in [0.2, 0.25) is 0 Å². The van der Waals surface area contributed by atoms with Gasteiger partial charge in [-0.1, -0.05) is 17.7 Å². The molecule has 0 aliphatic carbocycles. The van der Waals surface area contributed by atoms with Crippen LogP contribution in [0.1, 0.15) is 20.8 Å². The summed E-state index contributed by atoms with van der Waals surface area (Å²) in [7, 11) is 0. The molecule has 0 fully saturated rings. The fraction of sp³-hybridized carbons (Fsp3) is 0. The standard InChI is InChI=1S/C16H8BrClFNO2S/c17-16-10(7-21)15(14-2-1-5-23-14)13(8-22)20(16)9-3-4-12(19)11(18)6-9/h1-8H. The molecule has 2 heterocycles. The average molecular weight is 413 g/mol. The van der Waals surface area contributed by atoms with E-state index in [9.17, 15) is 14.0 Å².